The van der Waals surface area contributed by atoms with Crippen LogP contribution < -0.4 is 5.32 Å². The van der Waals surface area contributed by atoms with Crippen LogP contribution in [0.15, 0.2) is 30.6 Å². The van der Waals surface area contributed by atoms with Crippen LogP contribution in [-0.2, 0) is 6.18 Å². The van der Waals surface area contributed by atoms with Gasteiger partial charge >= 0.3 is 6.18 Å². The van der Waals surface area contributed by atoms with Crippen molar-refractivity contribution in [2.45, 2.75) is 19.1 Å². The summed E-state index contributed by atoms with van der Waals surface area (Å²) in [5.74, 6) is -2.14. The second-order valence-electron chi connectivity index (χ2n) is 4.42. The molecule has 21 heavy (non-hydrogen) atoms. The van der Waals surface area contributed by atoms with Gasteiger partial charge in [-0.15, -0.1) is 0 Å². The van der Waals surface area contributed by atoms with Gasteiger partial charge in [0.05, 0.1) is 17.8 Å². The van der Waals surface area contributed by atoms with Crippen molar-refractivity contribution < 1.29 is 22.4 Å². The highest BCUT2D eigenvalue weighted by atomic mass is 19.4. The zero-order valence-corrected chi connectivity index (χ0v) is 10.8. The number of hydrogen-bond acceptors (Lipinski definition) is 2. The van der Waals surface area contributed by atoms with Crippen molar-refractivity contribution in [3.05, 3.63) is 53.1 Å². The Balaban J connectivity index is 2.20. The summed E-state index contributed by atoms with van der Waals surface area (Å²) in [7, 11) is 0. The second kappa shape index (κ2) is 5.55. The van der Waals surface area contributed by atoms with Crippen molar-refractivity contribution in [3.63, 3.8) is 0 Å². The molecule has 0 aliphatic heterocycles. The molecule has 0 aliphatic rings. The molecule has 0 saturated heterocycles. The third kappa shape index (κ3) is 3.39. The molecule has 1 unspecified atom stereocenters. The molecule has 0 aliphatic carbocycles. The minimum Gasteiger partial charge on any atom is -0.345 e. The fraction of sp³-hybridized carbons (Fsp3) is 0.231. The van der Waals surface area contributed by atoms with Gasteiger partial charge in [0, 0.05) is 17.3 Å². The van der Waals surface area contributed by atoms with Crippen molar-refractivity contribution >= 4 is 5.91 Å². The number of aromatic nitrogens is 2. The Hall–Kier alpha value is -2.38. The maximum atomic E-state index is 13.2. The predicted octanol–water partition coefficient (Wildman–Crippen LogP) is 3.06. The molecule has 8 heteroatoms. The van der Waals surface area contributed by atoms with Gasteiger partial charge < -0.3 is 5.32 Å². The number of carbonyl (C=O) groups is 1. The Morgan fingerprint density at radius 1 is 1.38 bits per heavy atom. The van der Waals surface area contributed by atoms with E-state index in [4.69, 9.17) is 0 Å². The lowest BCUT2D eigenvalue weighted by Gasteiger charge is -2.13. The Kier molecular flexibility index (Phi) is 3.97. The first-order chi connectivity index (χ1) is 9.79. The Morgan fingerprint density at radius 2 is 2.10 bits per heavy atom. The van der Waals surface area contributed by atoms with Crippen molar-refractivity contribution in [1.82, 2.24) is 15.5 Å². The number of rotatable bonds is 3. The van der Waals surface area contributed by atoms with Gasteiger partial charge in [-0.2, -0.15) is 18.3 Å². The van der Waals surface area contributed by atoms with E-state index >= 15 is 0 Å². The molecule has 0 fully saturated rings. The molecule has 2 rings (SSSR count). The zero-order chi connectivity index (χ0) is 15.6. The molecule has 112 valence electrons. The summed E-state index contributed by atoms with van der Waals surface area (Å²) in [5, 5.41) is 8.78. The fourth-order valence-corrected chi connectivity index (χ4v) is 1.74. The smallest absolute Gasteiger partial charge is 0.345 e. The van der Waals surface area contributed by atoms with E-state index in [1.807, 2.05) is 0 Å². The molecule has 0 spiro atoms. The highest BCUT2D eigenvalue weighted by Crippen LogP contribution is 2.31. The molecule has 1 aromatic carbocycles. The molecular formula is C13H11F4N3O. The van der Waals surface area contributed by atoms with Crippen LogP contribution in [-0.4, -0.2) is 16.1 Å². The molecule has 0 bridgehead atoms. The molecule has 1 amide bonds. The van der Waals surface area contributed by atoms with Crippen LogP contribution in [0.2, 0.25) is 0 Å². The van der Waals surface area contributed by atoms with Gasteiger partial charge in [-0.25, -0.2) is 4.39 Å². The molecule has 0 radical (unpaired) electrons. The number of amides is 1. The van der Waals surface area contributed by atoms with Gasteiger partial charge in [0.15, 0.2) is 0 Å². The maximum Gasteiger partial charge on any atom is 0.419 e. The lowest BCUT2D eigenvalue weighted by Crippen LogP contribution is -2.27. The fourth-order valence-electron chi connectivity index (χ4n) is 1.74. The molecule has 1 aromatic heterocycles. The first kappa shape index (κ1) is 15.0. The van der Waals surface area contributed by atoms with Crippen molar-refractivity contribution in [2.75, 3.05) is 0 Å². The number of alkyl halides is 3. The Morgan fingerprint density at radius 3 is 2.67 bits per heavy atom. The van der Waals surface area contributed by atoms with Crippen LogP contribution in [0.4, 0.5) is 17.6 Å². The number of benzene rings is 1. The highest BCUT2D eigenvalue weighted by Gasteiger charge is 2.34. The van der Waals surface area contributed by atoms with E-state index in [0.29, 0.717) is 17.7 Å². The van der Waals surface area contributed by atoms with Gasteiger partial charge in [-0.1, -0.05) is 0 Å². The Bertz CT molecular complexity index is 637. The van der Waals surface area contributed by atoms with E-state index < -0.39 is 29.5 Å². The van der Waals surface area contributed by atoms with Crippen molar-refractivity contribution in [2.24, 2.45) is 0 Å². The summed E-state index contributed by atoms with van der Waals surface area (Å²) in [5.41, 5.74) is -1.06. The summed E-state index contributed by atoms with van der Waals surface area (Å²) in [6, 6.07) is 1.67. The highest BCUT2D eigenvalue weighted by molar-refractivity contribution is 5.94. The van der Waals surface area contributed by atoms with Crippen molar-refractivity contribution in [3.8, 4) is 0 Å². The third-order valence-corrected chi connectivity index (χ3v) is 2.90. The topological polar surface area (TPSA) is 57.8 Å². The van der Waals surface area contributed by atoms with E-state index in [-0.39, 0.29) is 5.56 Å². The summed E-state index contributed by atoms with van der Waals surface area (Å²) >= 11 is 0. The van der Waals surface area contributed by atoms with E-state index in [0.717, 1.165) is 6.07 Å². The zero-order valence-electron chi connectivity index (χ0n) is 10.8. The average Bonchev–Trinajstić information content (AvgIpc) is 2.91. The summed E-state index contributed by atoms with van der Waals surface area (Å²) in [4.78, 5) is 11.9. The van der Waals surface area contributed by atoms with E-state index in [1.165, 1.54) is 6.20 Å². The van der Waals surface area contributed by atoms with Gasteiger partial charge in [-0.3, -0.25) is 9.89 Å². The molecule has 2 aromatic rings. The first-order valence-electron chi connectivity index (χ1n) is 5.95. The summed E-state index contributed by atoms with van der Waals surface area (Å²) in [6.45, 7) is 1.65. The van der Waals surface area contributed by atoms with Gasteiger partial charge in [0.1, 0.15) is 5.82 Å². The molecule has 2 N–H and O–H groups in total. The average molecular weight is 301 g/mol. The molecular weight excluding hydrogens is 290 g/mol. The monoisotopic (exact) mass is 301 g/mol. The van der Waals surface area contributed by atoms with Crippen LogP contribution >= 0.6 is 0 Å². The summed E-state index contributed by atoms with van der Waals surface area (Å²) < 4.78 is 50.9. The molecule has 0 saturated carbocycles. The number of H-pyrrole nitrogens is 1. The largest absolute Gasteiger partial charge is 0.419 e. The minimum absolute atomic E-state index is 0.265. The normalized spacial score (nSPS) is 13.0. The maximum absolute atomic E-state index is 13.2. The lowest BCUT2D eigenvalue weighted by molar-refractivity contribution is -0.140. The molecule has 1 atom stereocenters. The predicted molar refractivity (Wildman–Crippen MR) is 65.9 cm³/mol. The third-order valence-electron chi connectivity index (χ3n) is 2.90. The number of hydrogen-bond donors (Lipinski definition) is 2. The SMILES string of the molecule is CC(NC(=O)c1ccc(F)c(C(F)(F)F)c1)c1cn[nH]c1. The summed E-state index contributed by atoms with van der Waals surface area (Å²) in [6.07, 6.45) is -1.82. The Labute approximate surface area is 117 Å². The van der Waals surface area contributed by atoms with Crippen molar-refractivity contribution in [1.29, 1.82) is 0 Å². The standard InChI is InChI=1S/C13H11F4N3O/c1-7(9-5-18-19-6-9)20-12(21)8-2-3-11(14)10(4-8)13(15,16)17/h2-7H,1H3,(H,18,19)(H,20,21). The first-order valence-corrected chi connectivity index (χ1v) is 5.95. The number of aromatic amines is 1. The van der Waals surface area contributed by atoms with Crippen LogP contribution in [0.3, 0.4) is 0 Å². The number of nitrogens with zero attached hydrogens (tertiary/aromatic N) is 1. The quantitative estimate of drug-likeness (QED) is 0.856. The van der Waals surface area contributed by atoms with E-state index in [9.17, 15) is 22.4 Å². The van der Waals surface area contributed by atoms with Crippen LogP contribution in [0.25, 0.3) is 0 Å². The van der Waals surface area contributed by atoms with Gasteiger partial charge in [0.2, 0.25) is 0 Å². The van der Waals surface area contributed by atoms with Gasteiger partial charge in [-0.05, 0) is 25.1 Å². The second-order valence-corrected chi connectivity index (χ2v) is 4.42. The van der Waals surface area contributed by atoms with Crippen LogP contribution in [0.1, 0.15) is 34.5 Å². The molecule has 4 nitrogen and oxygen atoms in total. The van der Waals surface area contributed by atoms with Crippen LogP contribution in [0, 0.1) is 5.82 Å². The lowest BCUT2D eigenvalue weighted by atomic mass is 10.1. The number of halogens is 4. The van der Waals surface area contributed by atoms with Gasteiger partial charge in [0.25, 0.3) is 5.91 Å². The number of nitrogens with one attached hydrogen (secondary N) is 2. The van der Waals surface area contributed by atoms with E-state index in [1.54, 1.807) is 13.1 Å². The molecule has 1 heterocycles. The minimum atomic E-state index is -4.85. The number of carbonyl (C=O) groups excluding carboxylic acids is 1. The van der Waals surface area contributed by atoms with Crippen LogP contribution in [0.5, 0.6) is 0 Å². The van der Waals surface area contributed by atoms with E-state index in [2.05, 4.69) is 15.5 Å².